The minimum Gasteiger partial charge on any atom is -0.300 e. The summed E-state index contributed by atoms with van der Waals surface area (Å²) in [6.07, 6.45) is -2.84. The maximum atomic E-state index is 12.8. The van der Waals surface area contributed by atoms with Crippen LogP contribution in [0, 0.1) is 6.92 Å². The third kappa shape index (κ3) is 3.29. The molecule has 3 rings (SSSR count). The maximum Gasteiger partial charge on any atom is 0.435 e. The third-order valence-electron chi connectivity index (χ3n) is 3.26. The van der Waals surface area contributed by atoms with Crippen LogP contribution in [0.4, 0.5) is 18.3 Å². The van der Waals surface area contributed by atoms with Crippen molar-refractivity contribution in [1.29, 1.82) is 0 Å². The smallest absolute Gasteiger partial charge is 0.300 e. The van der Waals surface area contributed by atoms with Crippen LogP contribution in [-0.4, -0.2) is 20.7 Å². The van der Waals surface area contributed by atoms with Gasteiger partial charge in [-0.05, 0) is 25.8 Å². The van der Waals surface area contributed by atoms with Gasteiger partial charge in [0.2, 0.25) is 5.91 Å². The van der Waals surface area contributed by atoms with E-state index in [9.17, 15) is 18.0 Å². The molecule has 1 N–H and O–H groups in total. The summed E-state index contributed by atoms with van der Waals surface area (Å²) in [7, 11) is 0. The van der Waals surface area contributed by atoms with Crippen LogP contribution in [-0.2, 0) is 17.5 Å². The maximum absolute atomic E-state index is 12.8. The summed E-state index contributed by atoms with van der Waals surface area (Å²) in [5, 5.41) is 8.32. The fourth-order valence-corrected chi connectivity index (χ4v) is 2.81. The van der Waals surface area contributed by atoms with Crippen LogP contribution in [0.1, 0.15) is 35.8 Å². The van der Waals surface area contributed by atoms with Crippen molar-refractivity contribution in [1.82, 2.24) is 14.8 Å². The average molecular weight is 330 g/mol. The summed E-state index contributed by atoms with van der Waals surface area (Å²) in [4.78, 5) is 16.0. The van der Waals surface area contributed by atoms with Gasteiger partial charge in [0.1, 0.15) is 6.54 Å². The Labute approximate surface area is 128 Å². The number of halogens is 3. The minimum atomic E-state index is -4.50. The number of hydrogen-bond acceptors (Lipinski definition) is 4. The molecule has 1 aliphatic rings. The normalized spacial score (nSPS) is 15.1. The van der Waals surface area contributed by atoms with Crippen molar-refractivity contribution < 1.29 is 18.0 Å². The first-order chi connectivity index (χ1) is 10.3. The van der Waals surface area contributed by atoms with E-state index < -0.39 is 17.8 Å². The van der Waals surface area contributed by atoms with Crippen molar-refractivity contribution >= 4 is 22.4 Å². The quantitative estimate of drug-likeness (QED) is 0.936. The third-order valence-corrected chi connectivity index (χ3v) is 4.13. The van der Waals surface area contributed by atoms with Gasteiger partial charge in [-0.15, -0.1) is 11.3 Å². The molecular weight excluding hydrogens is 317 g/mol. The summed E-state index contributed by atoms with van der Waals surface area (Å²) in [5.41, 5.74) is 0.294. The van der Waals surface area contributed by atoms with Crippen molar-refractivity contribution in [2.45, 2.75) is 38.4 Å². The van der Waals surface area contributed by atoms with Crippen LogP contribution < -0.4 is 5.32 Å². The van der Waals surface area contributed by atoms with Crippen molar-refractivity contribution in [2.24, 2.45) is 0 Å². The summed E-state index contributed by atoms with van der Waals surface area (Å²) in [5.74, 6) is -0.369. The highest BCUT2D eigenvalue weighted by Crippen LogP contribution is 2.42. The first-order valence-electron chi connectivity index (χ1n) is 6.70. The Morgan fingerprint density at radius 3 is 2.77 bits per heavy atom. The number of hydrogen-bond donors (Lipinski definition) is 1. The van der Waals surface area contributed by atoms with Gasteiger partial charge in [-0.2, -0.15) is 18.3 Å². The fraction of sp³-hybridized carbons (Fsp3) is 0.462. The molecule has 2 heterocycles. The van der Waals surface area contributed by atoms with Crippen LogP contribution in [0.25, 0.3) is 0 Å². The number of carbonyl (C=O) groups excluding carboxylic acids is 1. The Bertz CT molecular complexity index is 702. The van der Waals surface area contributed by atoms with E-state index in [1.54, 1.807) is 12.3 Å². The van der Waals surface area contributed by atoms with Crippen molar-refractivity contribution in [3.63, 3.8) is 0 Å². The predicted octanol–water partition coefficient (Wildman–Crippen LogP) is 3.18. The number of anilines is 1. The molecule has 2 aromatic rings. The van der Waals surface area contributed by atoms with Crippen molar-refractivity contribution in [3.8, 4) is 0 Å². The summed E-state index contributed by atoms with van der Waals surface area (Å²) >= 11 is 1.27. The van der Waals surface area contributed by atoms with Crippen LogP contribution in [0.2, 0.25) is 0 Å². The first kappa shape index (κ1) is 15.0. The second-order valence-corrected chi connectivity index (χ2v) is 6.08. The molecule has 22 heavy (non-hydrogen) atoms. The van der Waals surface area contributed by atoms with E-state index >= 15 is 0 Å². The Kier molecular flexibility index (Phi) is 3.67. The average Bonchev–Trinajstić information content (AvgIpc) is 3.03. The zero-order chi connectivity index (χ0) is 15.9. The molecule has 0 saturated heterocycles. The molecule has 0 aliphatic heterocycles. The van der Waals surface area contributed by atoms with E-state index in [0.29, 0.717) is 10.8 Å². The number of thiazole rings is 1. The van der Waals surface area contributed by atoms with Gasteiger partial charge >= 0.3 is 6.18 Å². The lowest BCUT2D eigenvalue weighted by atomic mass is 10.2. The van der Waals surface area contributed by atoms with Crippen LogP contribution in [0.3, 0.4) is 0 Å². The van der Waals surface area contributed by atoms with E-state index in [1.165, 1.54) is 11.3 Å². The Hall–Kier alpha value is -1.90. The van der Waals surface area contributed by atoms with Gasteiger partial charge in [-0.1, -0.05) is 0 Å². The zero-order valence-electron chi connectivity index (χ0n) is 11.6. The second-order valence-electron chi connectivity index (χ2n) is 5.23. The Balaban J connectivity index is 1.76. The number of alkyl halides is 3. The van der Waals surface area contributed by atoms with Crippen molar-refractivity contribution in [2.75, 3.05) is 5.32 Å². The van der Waals surface area contributed by atoms with Crippen molar-refractivity contribution in [3.05, 3.63) is 28.5 Å². The lowest BCUT2D eigenvalue weighted by Gasteiger charge is -2.06. The minimum absolute atomic E-state index is 0.0681. The van der Waals surface area contributed by atoms with Gasteiger partial charge in [0.25, 0.3) is 0 Å². The van der Waals surface area contributed by atoms with Gasteiger partial charge in [-0.3, -0.25) is 9.48 Å². The van der Waals surface area contributed by atoms with E-state index in [4.69, 9.17) is 0 Å². The fourth-order valence-electron chi connectivity index (χ4n) is 2.11. The number of carbonyl (C=O) groups is 1. The molecule has 0 atom stereocenters. The molecule has 0 unspecified atom stereocenters. The number of amides is 1. The molecule has 1 aliphatic carbocycles. The van der Waals surface area contributed by atoms with E-state index in [2.05, 4.69) is 15.4 Å². The summed E-state index contributed by atoms with van der Waals surface area (Å²) < 4.78 is 39.5. The second kappa shape index (κ2) is 5.38. The van der Waals surface area contributed by atoms with E-state index in [0.717, 1.165) is 29.3 Å². The first-order valence-corrected chi connectivity index (χ1v) is 7.58. The zero-order valence-corrected chi connectivity index (χ0v) is 12.5. The summed E-state index contributed by atoms with van der Waals surface area (Å²) in [6, 6.07) is 1.04. The molecule has 1 fully saturated rings. The van der Waals surface area contributed by atoms with Gasteiger partial charge in [0.15, 0.2) is 10.8 Å². The molecule has 0 spiro atoms. The SMILES string of the molecule is Cc1csc(NC(=O)Cn2nc(C(F)(F)F)cc2C2CC2)n1. The van der Waals surface area contributed by atoms with E-state index in [-0.39, 0.29) is 12.5 Å². The van der Waals surface area contributed by atoms with Gasteiger partial charge in [0, 0.05) is 17.0 Å². The molecule has 1 saturated carbocycles. The van der Waals surface area contributed by atoms with Crippen LogP contribution >= 0.6 is 11.3 Å². The van der Waals surface area contributed by atoms with Crippen LogP contribution in [0.5, 0.6) is 0 Å². The van der Waals surface area contributed by atoms with Gasteiger partial charge < -0.3 is 5.32 Å². The Morgan fingerprint density at radius 2 is 2.23 bits per heavy atom. The molecule has 2 aromatic heterocycles. The number of aryl methyl sites for hydroxylation is 1. The highest BCUT2D eigenvalue weighted by molar-refractivity contribution is 7.13. The highest BCUT2D eigenvalue weighted by Gasteiger charge is 2.38. The number of rotatable bonds is 4. The number of nitrogens with zero attached hydrogens (tertiary/aromatic N) is 3. The molecule has 5 nitrogen and oxygen atoms in total. The largest absolute Gasteiger partial charge is 0.435 e. The predicted molar refractivity (Wildman–Crippen MR) is 74.7 cm³/mol. The standard InChI is InChI=1S/C13H13F3N4OS/c1-7-6-22-12(17-7)18-11(21)5-20-9(8-2-3-8)4-10(19-20)13(14,15)16/h4,6,8H,2-3,5H2,1H3,(H,17,18,21). The topological polar surface area (TPSA) is 59.8 Å². The van der Waals surface area contributed by atoms with Crippen LogP contribution in [0.15, 0.2) is 11.4 Å². The Morgan fingerprint density at radius 1 is 1.50 bits per heavy atom. The van der Waals surface area contributed by atoms with E-state index in [1.807, 2.05) is 0 Å². The highest BCUT2D eigenvalue weighted by atomic mass is 32.1. The molecule has 0 bridgehead atoms. The molecule has 118 valence electrons. The van der Waals surface area contributed by atoms with Gasteiger partial charge in [-0.25, -0.2) is 4.98 Å². The number of aromatic nitrogens is 3. The molecule has 0 aromatic carbocycles. The van der Waals surface area contributed by atoms with Gasteiger partial charge in [0.05, 0.1) is 5.69 Å². The molecular formula is C13H13F3N4OS. The number of nitrogens with one attached hydrogen (secondary N) is 1. The molecule has 0 radical (unpaired) electrons. The molecule has 1 amide bonds. The monoisotopic (exact) mass is 330 g/mol. The molecule has 9 heteroatoms. The summed E-state index contributed by atoms with van der Waals surface area (Å²) in [6.45, 7) is 1.54. The lowest BCUT2D eigenvalue weighted by molar-refractivity contribution is -0.141. The lowest BCUT2D eigenvalue weighted by Crippen LogP contribution is -2.21.